The first-order valence-corrected chi connectivity index (χ1v) is 7.81. The lowest BCUT2D eigenvalue weighted by Gasteiger charge is -2.14. The molecule has 1 atom stereocenters. The van der Waals surface area contributed by atoms with Gasteiger partial charge in [0.1, 0.15) is 0 Å². The molecule has 1 fully saturated rings. The zero-order valence-corrected chi connectivity index (χ0v) is 10.9. The first kappa shape index (κ1) is 12.5. The first-order valence-electron chi connectivity index (χ1n) is 5.14. The summed E-state index contributed by atoms with van der Waals surface area (Å²) >= 11 is 3.38. The molecule has 0 spiro atoms. The number of hydrogen-bond donors (Lipinski definition) is 1. The topological polar surface area (TPSA) is 46.2 Å². The van der Waals surface area contributed by atoms with Gasteiger partial charge in [0.25, 0.3) is 0 Å². The molecule has 0 amide bonds. The summed E-state index contributed by atoms with van der Waals surface area (Å²) in [5.74, 6) is 0.461. The van der Waals surface area contributed by atoms with Gasteiger partial charge in [-0.15, -0.1) is 0 Å². The maximum absolute atomic E-state index is 11.5. The van der Waals surface area contributed by atoms with E-state index in [4.69, 9.17) is 0 Å². The smallest absolute Gasteiger partial charge is 0.214 e. The Kier molecular flexibility index (Phi) is 4.87. The lowest BCUT2D eigenvalue weighted by molar-refractivity contribution is 0.482. The van der Waals surface area contributed by atoms with Gasteiger partial charge in [-0.2, -0.15) is 0 Å². The summed E-state index contributed by atoms with van der Waals surface area (Å²) in [6.45, 7) is 2.69. The standard InChI is InChI=1S/C9H18BrNO2S/c1-2-8(5-6-10)7-11-14(12,13)9-3-4-9/h8-9,11H,2-7H2,1H3. The fraction of sp³-hybridized carbons (Fsp3) is 1.00. The number of nitrogens with one attached hydrogen (secondary N) is 1. The number of rotatable bonds is 7. The normalized spacial score (nSPS) is 19.6. The van der Waals surface area contributed by atoms with E-state index in [1.807, 2.05) is 0 Å². The molecule has 84 valence electrons. The molecular weight excluding hydrogens is 266 g/mol. The fourth-order valence-electron chi connectivity index (χ4n) is 1.34. The molecule has 1 unspecified atom stereocenters. The van der Waals surface area contributed by atoms with Crippen LogP contribution in [0.2, 0.25) is 0 Å². The number of sulfonamides is 1. The van der Waals surface area contributed by atoms with Crippen LogP contribution in [-0.4, -0.2) is 25.5 Å². The van der Waals surface area contributed by atoms with Gasteiger partial charge in [0.15, 0.2) is 0 Å². The molecule has 1 rings (SSSR count). The van der Waals surface area contributed by atoms with Crippen LogP contribution >= 0.6 is 15.9 Å². The molecule has 1 N–H and O–H groups in total. The third-order valence-corrected chi connectivity index (χ3v) is 5.01. The second-order valence-corrected chi connectivity index (χ2v) is 6.68. The quantitative estimate of drug-likeness (QED) is 0.726. The van der Waals surface area contributed by atoms with Crippen molar-refractivity contribution in [2.24, 2.45) is 5.92 Å². The zero-order valence-electron chi connectivity index (χ0n) is 8.50. The molecular formula is C9H18BrNO2S. The van der Waals surface area contributed by atoms with Crippen molar-refractivity contribution in [1.29, 1.82) is 0 Å². The molecule has 0 bridgehead atoms. The van der Waals surface area contributed by atoms with E-state index >= 15 is 0 Å². The van der Waals surface area contributed by atoms with Crippen molar-refractivity contribution in [3.63, 3.8) is 0 Å². The Morgan fingerprint density at radius 2 is 2.14 bits per heavy atom. The molecule has 0 aromatic heterocycles. The van der Waals surface area contributed by atoms with Crippen molar-refractivity contribution >= 4 is 26.0 Å². The fourth-order valence-corrected chi connectivity index (χ4v) is 3.44. The van der Waals surface area contributed by atoms with Gasteiger partial charge in [-0.3, -0.25) is 0 Å². The molecule has 0 aliphatic heterocycles. The number of hydrogen-bond acceptors (Lipinski definition) is 2. The van der Waals surface area contributed by atoms with E-state index in [1.54, 1.807) is 0 Å². The van der Waals surface area contributed by atoms with Crippen LogP contribution < -0.4 is 4.72 Å². The summed E-state index contributed by atoms with van der Waals surface area (Å²) in [7, 11) is -2.98. The second kappa shape index (κ2) is 5.47. The van der Waals surface area contributed by atoms with Gasteiger partial charge in [-0.05, 0) is 25.2 Å². The predicted octanol–water partition coefficient (Wildman–Crippen LogP) is 1.88. The highest BCUT2D eigenvalue weighted by Gasteiger charge is 2.35. The van der Waals surface area contributed by atoms with Gasteiger partial charge in [-0.25, -0.2) is 13.1 Å². The average Bonchev–Trinajstić information content (AvgIpc) is 2.95. The van der Waals surface area contributed by atoms with Crippen LogP contribution in [-0.2, 0) is 10.0 Å². The number of halogens is 1. The monoisotopic (exact) mass is 283 g/mol. The molecule has 1 aliphatic rings. The van der Waals surface area contributed by atoms with Crippen LogP contribution in [0.4, 0.5) is 0 Å². The van der Waals surface area contributed by atoms with Crippen LogP contribution in [0.3, 0.4) is 0 Å². The number of alkyl halides is 1. The molecule has 5 heteroatoms. The van der Waals surface area contributed by atoms with Crippen LogP contribution in [0.1, 0.15) is 32.6 Å². The highest BCUT2D eigenvalue weighted by atomic mass is 79.9. The van der Waals surface area contributed by atoms with Gasteiger partial charge >= 0.3 is 0 Å². The van der Waals surface area contributed by atoms with Crippen LogP contribution in [0.5, 0.6) is 0 Å². The van der Waals surface area contributed by atoms with Crippen LogP contribution in [0, 0.1) is 5.92 Å². The Morgan fingerprint density at radius 3 is 2.57 bits per heavy atom. The summed E-state index contributed by atoms with van der Waals surface area (Å²) in [6.07, 6.45) is 3.73. The predicted molar refractivity (Wildman–Crippen MR) is 62.1 cm³/mol. The summed E-state index contributed by atoms with van der Waals surface area (Å²) < 4.78 is 25.7. The van der Waals surface area contributed by atoms with Crippen LogP contribution in [0.15, 0.2) is 0 Å². The highest BCUT2D eigenvalue weighted by Crippen LogP contribution is 2.27. The van der Waals surface area contributed by atoms with E-state index in [-0.39, 0.29) is 5.25 Å². The van der Waals surface area contributed by atoms with Gasteiger partial charge in [0.05, 0.1) is 5.25 Å². The van der Waals surface area contributed by atoms with Gasteiger partial charge in [0.2, 0.25) is 10.0 Å². The zero-order chi connectivity index (χ0) is 10.6. The minimum atomic E-state index is -2.98. The Morgan fingerprint density at radius 1 is 1.50 bits per heavy atom. The summed E-state index contributed by atoms with van der Waals surface area (Å²) in [5.41, 5.74) is 0. The Balaban J connectivity index is 2.30. The van der Waals surface area contributed by atoms with Crippen molar-refractivity contribution in [1.82, 2.24) is 4.72 Å². The third kappa shape index (κ3) is 3.87. The maximum atomic E-state index is 11.5. The first-order chi connectivity index (χ1) is 6.60. The average molecular weight is 284 g/mol. The molecule has 14 heavy (non-hydrogen) atoms. The van der Waals surface area contributed by atoms with Crippen LogP contribution in [0.25, 0.3) is 0 Å². The molecule has 0 saturated heterocycles. The van der Waals surface area contributed by atoms with E-state index in [2.05, 4.69) is 27.6 Å². The SMILES string of the molecule is CCC(CCBr)CNS(=O)(=O)C1CC1. The van der Waals surface area contributed by atoms with E-state index in [9.17, 15) is 8.42 Å². The van der Waals surface area contributed by atoms with Gasteiger partial charge in [-0.1, -0.05) is 29.3 Å². The Labute approximate surface area is 94.8 Å². The minimum absolute atomic E-state index is 0.0935. The lowest BCUT2D eigenvalue weighted by Crippen LogP contribution is -2.32. The summed E-state index contributed by atoms with van der Waals surface area (Å²) in [5, 5.41) is 0.848. The Hall–Kier alpha value is 0.390. The van der Waals surface area contributed by atoms with E-state index in [1.165, 1.54) is 0 Å². The van der Waals surface area contributed by atoms with Crippen molar-refractivity contribution in [3.8, 4) is 0 Å². The van der Waals surface area contributed by atoms with E-state index in [0.717, 1.165) is 31.0 Å². The minimum Gasteiger partial charge on any atom is -0.215 e. The van der Waals surface area contributed by atoms with Gasteiger partial charge < -0.3 is 0 Å². The molecule has 1 aliphatic carbocycles. The third-order valence-electron chi connectivity index (χ3n) is 2.63. The molecule has 3 nitrogen and oxygen atoms in total. The molecule has 0 heterocycles. The largest absolute Gasteiger partial charge is 0.215 e. The second-order valence-electron chi connectivity index (χ2n) is 3.84. The highest BCUT2D eigenvalue weighted by molar-refractivity contribution is 9.09. The van der Waals surface area contributed by atoms with Crippen molar-refractivity contribution in [3.05, 3.63) is 0 Å². The maximum Gasteiger partial charge on any atom is 0.214 e. The Bertz CT molecular complexity index is 262. The van der Waals surface area contributed by atoms with E-state index in [0.29, 0.717) is 12.5 Å². The molecule has 0 radical (unpaired) electrons. The summed E-state index contributed by atoms with van der Waals surface area (Å²) in [6, 6.07) is 0. The molecule has 1 saturated carbocycles. The van der Waals surface area contributed by atoms with Crippen molar-refractivity contribution in [2.45, 2.75) is 37.9 Å². The molecule has 0 aromatic carbocycles. The van der Waals surface area contributed by atoms with E-state index < -0.39 is 10.0 Å². The van der Waals surface area contributed by atoms with Crippen molar-refractivity contribution in [2.75, 3.05) is 11.9 Å². The summed E-state index contributed by atoms with van der Waals surface area (Å²) in [4.78, 5) is 0. The van der Waals surface area contributed by atoms with Gasteiger partial charge in [0, 0.05) is 11.9 Å². The lowest BCUT2D eigenvalue weighted by atomic mass is 10.0. The molecule has 0 aromatic rings. The van der Waals surface area contributed by atoms with Crippen molar-refractivity contribution < 1.29 is 8.42 Å².